The van der Waals surface area contributed by atoms with Gasteiger partial charge in [0.05, 0.1) is 14.2 Å². The molecule has 1 aromatic rings. The van der Waals surface area contributed by atoms with Crippen molar-refractivity contribution in [3.63, 3.8) is 0 Å². The van der Waals surface area contributed by atoms with Crippen LogP contribution in [0, 0.1) is 0 Å². The van der Waals surface area contributed by atoms with E-state index in [2.05, 4.69) is 6.07 Å². The largest absolute Gasteiger partial charge is 0.496 e. The highest BCUT2D eigenvalue weighted by Gasteiger charge is 2.23. The maximum atomic E-state index is 5.89. The summed E-state index contributed by atoms with van der Waals surface area (Å²) < 4.78 is 11.1. The minimum absolute atomic E-state index is 0.132. The highest BCUT2D eigenvalue weighted by atomic mass is 16.5. The molecule has 0 saturated carbocycles. The summed E-state index contributed by atoms with van der Waals surface area (Å²) in [5.41, 5.74) is 9.69. The Labute approximate surface area is 103 Å². The van der Waals surface area contributed by atoms with Crippen LogP contribution < -0.4 is 15.2 Å². The van der Waals surface area contributed by atoms with E-state index in [9.17, 15) is 0 Å². The summed E-state index contributed by atoms with van der Waals surface area (Å²) in [6.45, 7) is 2.01. The fraction of sp³-hybridized carbons (Fsp3) is 0.571. The highest BCUT2D eigenvalue weighted by Crippen LogP contribution is 2.40. The highest BCUT2D eigenvalue weighted by molar-refractivity contribution is 5.56. The maximum absolute atomic E-state index is 5.89. The van der Waals surface area contributed by atoms with Crippen molar-refractivity contribution < 1.29 is 9.47 Å². The second kappa shape index (κ2) is 4.96. The van der Waals surface area contributed by atoms with Gasteiger partial charge in [-0.1, -0.05) is 0 Å². The Morgan fingerprint density at radius 2 is 1.94 bits per heavy atom. The fourth-order valence-corrected chi connectivity index (χ4v) is 2.71. The monoisotopic (exact) mass is 236 g/mol. The first-order valence-electron chi connectivity index (χ1n) is 6.18. The summed E-state index contributed by atoms with van der Waals surface area (Å²) in [6, 6.07) is 2.22. The van der Waals surface area contributed by atoms with Gasteiger partial charge in [0.25, 0.3) is 0 Å². The van der Waals surface area contributed by atoms with E-state index in [0.717, 1.165) is 30.8 Å². The molecule has 0 aliphatic heterocycles. The Hall–Kier alpha value is -1.22. The molecule has 0 aromatic heterocycles. The summed E-state index contributed by atoms with van der Waals surface area (Å²) in [7, 11) is 3.47. The first kappa shape index (κ1) is 12.2. The predicted octanol–water partition coefficient (Wildman–Crippen LogP) is 2.08. The zero-order valence-corrected chi connectivity index (χ0v) is 10.9. The molecule has 1 unspecified atom stereocenters. The molecule has 1 atom stereocenters. The van der Waals surface area contributed by atoms with E-state index >= 15 is 0 Å². The zero-order valence-electron chi connectivity index (χ0n) is 10.9. The van der Waals surface area contributed by atoms with Crippen molar-refractivity contribution >= 4 is 0 Å². The third-order valence-corrected chi connectivity index (χ3v) is 3.35. The molecule has 0 saturated heterocycles. The molecule has 0 fully saturated rings. The average molecular weight is 236 g/mol. The van der Waals surface area contributed by atoms with Crippen LogP contribution in [-0.4, -0.2) is 20.3 Å². The van der Waals surface area contributed by atoms with Gasteiger partial charge in [-0.25, -0.2) is 0 Å². The van der Waals surface area contributed by atoms with Crippen molar-refractivity contribution in [3.8, 4) is 11.5 Å². The molecule has 0 heterocycles. The standard InChI is InChI=1S/C14H21NO2/c1-9(15)7-10-8-13(16-2)11-5-4-6-12(11)14(10)17-3/h8-9H,4-7,15H2,1-3H3/i8+1. The number of fused-ring (bicyclic) bond motifs is 1. The molecule has 1 aliphatic rings. The molecular formula is C14H21NO2. The van der Waals surface area contributed by atoms with Gasteiger partial charge in [-0.3, -0.25) is 0 Å². The minimum Gasteiger partial charge on any atom is -0.496 e. The summed E-state index contributed by atoms with van der Waals surface area (Å²) in [5, 5.41) is 0. The summed E-state index contributed by atoms with van der Waals surface area (Å²) in [4.78, 5) is 0. The molecule has 3 nitrogen and oxygen atoms in total. The lowest BCUT2D eigenvalue weighted by atomic mass is 10.0. The van der Waals surface area contributed by atoms with Gasteiger partial charge in [-0.05, 0) is 44.2 Å². The molecule has 0 bridgehead atoms. The second-order valence-corrected chi connectivity index (χ2v) is 4.76. The lowest BCUT2D eigenvalue weighted by molar-refractivity contribution is 0.392. The van der Waals surface area contributed by atoms with Crippen LogP contribution in [0.15, 0.2) is 6.07 Å². The third kappa shape index (κ3) is 2.25. The lowest BCUT2D eigenvalue weighted by Gasteiger charge is -2.17. The Kier molecular flexibility index (Phi) is 3.57. The minimum atomic E-state index is 0.132. The number of ether oxygens (including phenoxy) is 2. The number of hydrogen-bond donors (Lipinski definition) is 1. The molecule has 3 heteroatoms. The SMILES string of the molecule is COc1[13cH]c(CC(C)N)c(OC)c2c1CCC2. The normalized spacial score (nSPS) is 15.5. The predicted molar refractivity (Wildman–Crippen MR) is 68.9 cm³/mol. The van der Waals surface area contributed by atoms with Crippen LogP contribution in [0.1, 0.15) is 30.0 Å². The quantitative estimate of drug-likeness (QED) is 0.870. The van der Waals surface area contributed by atoms with Crippen LogP contribution in [0.2, 0.25) is 0 Å². The van der Waals surface area contributed by atoms with Gasteiger partial charge >= 0.3 is 0 Å². The average Bonchev–Trinajstić information content (AvgIpc) is 2.76. The smallest absolute Gasteiger partial charge is 0.125 e. The molecule has 0 amide bonds. The number of hydrogen-bond acceptors (Lipinski definition) is 3. The molecule has 2 N–H and O–H groups in total. The number of nitrogens with two attached hydrogens (primary N) is 1. The molecular weight excluding hydrogens is 215 g/mol. The topological polar surface area (TPSA) is 44.5 Å². The van der Waals surface area contributed by atoms with E-state index in [-0.39, 0.29) is 6.04 Å². The van der Waals surface area contributed by atoms with Crippen molar-refractivity contribution in [1.29, 1.82) is 0 Å². The Morgan fingerprint density at radius 1 is 1.24 bits per heavy atom. The van der Waals surface area contributed by atoms with Crippen LogP contribution in [0.3, 0.4) is 0 Å². The Morgan fingerprint density at radius 3 is 2.53 bits per heavy atom. The number of rotatable bonds is 4. The third-order valence-electron chi connectivity index (χ3n) is 3.35. The summed E-state index contributed by atoms with van der Waals surface area (Å²) >= 11 is 0. The Bertz CT molecular complexity index is 413. The lowest BCUT2D eigenvalue weighted by Crippen LogP contribution is -2.18. The van der Waals surface area contributed by atoms with Gasteiger partial charge in [0.2, 0.25) is 0 Å². The zero-order chi connectivity index (χ0) is 12.4. The second-order valence-electron chi connectivity index (χ2n) is 4.76. The first-order valence-corrected chi connectivity index (χ1v) is 6.18. The van der Waals surface area contributed by atoms with Crippen molar-refractivity contribution in [3.05, 3.63) is 22.8 Å². The molecule has 1 aromatic carbocycles. The number of benzene rings is 1. The van der Waals surface area contributed by atoms with Crippen molar-refractivity contribution in [1.82, 2.24) is 0 Å². The van der Waals surface area contributed by atoms with Gasteiger partial charge in [0.15, 0.2) is 0 Å². The molecule has 2 rings (SSSR count). The van der Waals surface area contributed by atoms with E-state index in [1.165, 1.54) is 23.1 Å². The number of methoxy groups -OCH3 is 2. The molecule has 0 radical (unpaired) electrons. The molecule has 17 heavy (non-hydrogen) atoms. The van der Waals surface area contributed by atoms with Crippen LogP contribution >= 0.6 is 0 Å². The van der Waals surface area contributed by atoms with Gasteiger partial charge < -0.3 is 15.2 Å². The Balaban J connectivity index is 2.51. The molecule has 1 aliphatic carbocycles. The summed E-state index contributed by atoms with van der Waals surface area (Å²) in [5.74, 6) is 2.02. The van der Waals surface area contributed by atoms with E-state index in [1.54, 1.807) is 14.2 Å². The fourth-order valence-electron chi connectivity index (χ4n) is 2.71. The van der Waals surface area contributed by atoms with Gasteiger partial charge in [-0.2, -0.15) is 0 Å². The molecule has 94 valence electrons. The van der Waals surface area contributed by atoms with Gasteiger partial charge in [0, 0.05) is 17.2 Å². The molecule has 0 spiro atoms. The van der Waals surface area contributed by atoms with Crippen LogP contribution in [0.25, 0.3) is 0 Å². The van der Waals surface area contributed by atoms with Crippen molar-refractivity contribution in [2.24, 2.45) is 5.73 Å². The van der Waals surface area contributed by atoms with Crippen molar-refractivity contribution in [2.45, 2.75) is 38.6 Å². The van der Waals surface area contributed by atoms with Gasteiger partial charge in [0.1, 0.15) is 11.5 Å². The van der Waals surface area contributed by atoms with E-state index in [0.29, 0.717) is 0 Å². The van der Waals surface area contributed by atoms with Gasteiger partial charge in [-0.15, -0.1) is 0 Å². The van der Waals surface area contributed by atoms with Crippen LogP contribution in [0.4, 0.5) is 0 Å². The van der Waals surface area contributed by atoms with E-state index in [1.807, 2.05) is 6.92 Å². The van der Waals surface area contributed by atoms with Crippen LogP contribution in [0.5, 0.6) is 11.5 Å². The van der Waals surface area contributed by atoms with Crippen LogP contribution in [-0.2, 0) is 19.3 Å². The first-order chi connectivity index (χ1) is 8.17. The maximum Gasteiger partial charge on any atom is 0.125 e. The van der Waals surface area contributed by atoms with E-state index < -0.39 is 0 Å². The summed E-state index contributed by atoms with van der Waals surface area (Å²) in [6.07, 6.45) is 4.19. The van der Waals surface area contributed by atoms with Crippen molar-refractivity contribution in [2.75, 3.05) is 14.2 Å². The van der Waals surface area contributed by atoms with E-state index in [4.69, 9.17) is 15.2 Å².